The highest BCUT2D eigenvalue weighted by atomic mass is 35.5. The molecule has 5 aromatic rings. The number of imide groups is 1. The van der Waals surface area contributed by atoms with Crippen LogP contribution in [0.4, 0.5) is 37.6 Å². The number of benzene rings is 2. The normalized spacial score (nSPS) is 25.2. The standard InChI is InChI=1S/C44H48ClF2N11O4/c1-54-32-10-8-25(16-30(32)36-38(42(54)61)62-22-44(46,47)39(51-36)24-6-7-24)49-40-31(45)18-48-43(52-40)58-26-17-27(58)21-56(20-26)19-23-12-14-57(15-13-23)33-5-3-4-28-35(53-55(2)37(28)33)29-9-11-34(59)50-41(29)60/h3-5,8,10,16,18,23-24,26-27,29,39,51H,6-7,9,11-15,17,19-22H2,1-2H3,(H,48,49,52)(H,50,59,60)/t26?,27?,29?,39-/m0/s1. The number of alkyl halides is 2. The first kappa shape index (κ1) is 39.3. The number of piperazine rings is 1. The Balaban J connectivity index is 0.748. The molecule has 6 fully saturated rings. The summed E-state index contributed by atoms with van der Waals surface area (Å²) in [6.45, 7) is 3.90. The number of amides is 2. The summed E-state index contributed by atoms with van der Waals surface area (Å²) < 4.78 is 39.2. The monoisotopic (exact) mass is 867 g/mol. The van der Waals surface area contributed by atoms with Gasteiger partial charge in [-0.15, -0.1) is 0 Å². The van der Waals surface area contributed by atoms with Gasteiger partial charge in [-0.1, -0.05) is 23.7 Å². The highest BCUT2D eigenvalue weighted by Gasteiger charge is 2.51. The minimum atomic E-state index is -3.13. The van der Waals surface area contributed by atoms with Gasteiger partial charge in [0.05, 0.1) is 46.3 Å². The van der Waals surface area contributed by atoms with Gasteiger partial charge in [0.2, 0.25) is 23.5 Å². The number of rotatable bonds is 8. The number of anilines is 5. The molecule has 1 saturated carbocycles. The van der Waals surface area contributed by atoms with Crippen molar-refractivity contribution in [2.45, 2.75) is 74.9 Å². The van der Waals surface area contributed by atoms with Gasteiger partial charge in [0.1, 0.15) is 5.02 Å². The molecule has 62 heavy (non-hydrogen) atoms. The average molecular weight is 868 g/mol. The quantitative estimate of drug-likeness (QED) is 0.168. The number of nitrogens with one attached hydrogen (secondary N) is 3. The number of aromatic nitrogens is 5. The Bertz CT molecular complexity index is 2700. The zero-order chi connectivity index (χ0) is 42.6. The summed E-state index contributed by atoms with van der Waals surface area (Å²) in [7, 11) is 3.54. The number of nitrogens with zero attached hydrogens (tertiary/aromatic N) is 8. The molecule has 0 radical (unpaired) electrons. The third-order valence-corrected chi connectivity index (χ3v) is 14.3. The van der Waals surface area contributed by atoms with E-state index in [2.05, 4.69) is 41.7 Å². The zero-order valence-corrected chi connectivity index (χ0v) is 35.3. The first-order valence-corrected chi connectivity index (χ1v) is 22.1. The van der Waals surface area contributed by atoms with Gasteiger partial charge in [0.15, 0.2) is 12.4 Å². The SMILES string of the molecule is Cn1nc(C2CCC(=O)NC2=O)c2cccc(N3CCC(CN4CC5CC(C4)N5c4ncc(Cl)c(Nc5ccc6c(c5)c5c(c(=O)n6C)OCC(F)(F)[C@H](C6CC6)N5)n4)CC3)c21. The number of para-hydroxylation sites is 1. The molecule has 324 valence electrons. The predicted molar refractivity (Wildman–Crippen MR) is 232 cm³/mol. The molecule has 3 N–H and O–H groups in total. The van der Waals surface area contributed by atoms with E-state index in [0.29, 0.717) is 65.0 Å². The molecular formula is C44H48ClF2N11O4. The van der Waals surface area contributed by atoms with Crippen LogP contribution in [0.2, 0.25) is 5.02 Å². The minimum Gasteiger partial charge on any atom is -0.480 e. The molecule has 0 spiro atoms. The summed E-state index contributed by atoms with van der Waals surface area (Å²) in [6, 6.07) is 11.1. The Morgan fingerprint density at radius 3 is 2.55 bits per heavy atom. The van der Waals surface area contributed by atoms with E-state index in [1.165, 1.54) is 4.57 Å². The summed E-state index contributed by atoms with van der Waals surface area (Å²) in [5.74, 6) is -2.74. The molecule has 15 nitrogen and oxygen atoms in total. The average Bonchev–Trinajstić information content (AvgIpc) is 4.05. The van der Waals surface area contributed by atoms with Crippen molar-refractivity contribution >= 4 is 74.0 Å². The van der Waals surface area contributed by atoms with Crippen LogP contribution in [0.15, 0.2) is 47.4 Å². The number of piperidine rings is 3. The molecule has 12 rings (SSSR count). The Hall–Kier alpha value is -5.55. The number of ether oxygens (including phenoxy) is 1. The summed E-state index contributed by atoms with van der Waals surface area (Å²) in [4.78, 5) is 54.7. The van der Waals surface area contributed by atoms with Gasteiger partial charge < -0.3 is 29.7 Å². The van der Waals surface area contributed by atoms with Gasteiger partial charge in [-0.3, -0.25) is 29.3 Å². The molecule has 18 heteroatoms. The number of pyridine rings is 1. The Morgan fingerprint density at radius 1 is 1.00 bits per heavy atom. The van der Waals surface area contributed by atoms with Crippen molar-refractivity contribution in [3.05, 3.63) is 63.7 Å². The van der Waals surface area contributed by atoms with E-state index < -0.39 is 30.0 Å². The molecule has 9 heterocycles. The number of fused-ring (bicyclic) bond motifs is 6. The van der Waals surface area contributed by atoms with Crippen molar-refractivity contribution in [2.24, 2.45) is 25.9 Å². The van der Waals surface area contributed by atoms with E-state index >= 15 is 8.78 Å². The number of carbonyl (C=O) groups is 2. The van der Waals surface area contributed by atoms with Crippen molar-refractivity contribution in [3.8, 4) is 5.75 Å². The maximum Gasteiger partial charge on any atom is 0.301 e. The molecule has 1 aliphatic carbocycles. The number of halogens is 3. The maximum atomic E-state index is 15.2. The molecule has 4 atom stereocenters. The van der Waals surface area contributed by atoms with Crippen molar-refractivity contribution in [1.82, 2.24) is 34.5 Å². The lowest BCUT2D eigenvalue weighted by Gasteiger charge is -2.57. The second-order valence-electron chi connectivity index (χ2n) is 18.1. The zero-order valence-electron chi connectivity index (χ0n) is 34.5. The van der Waals surface area contributed by atoms with E-state index in [9.17, 15) is 14.4 Å². The van der Waals surface area contributed by atoms with Crippen LogP contribution in [-0.4, -0.2) is 104 Å². The third kappa shape index (κ3) is 6.69. The number of carbonyl (C=O) groups excluding carboxylic acids is 2. The van der Waals surface area contributed by atoms with Crippen LogP contribution >= 0.6 is 11.6 Å². The lowest BCUT2D eigenvalue weighted by Crippen LogP contribution is -2.69. The van der Waals surface area contributed by atoms with Crippen LogP contribution in [-0.2, 0) is 23.7 Å². The fourth-order valence-corrected chi connectivity index (χ4v) is 10.8. The van der Waals surface area contributed by atoms with Gasteiger partial charge in [0.25, 0.3) is 5.56 Å². The fourth-order valence-electron chi connectivity index (χ4n) is 10.7. The lowest BCUT2D eigenvalue weighted by atomic mass is 9.86. The molecular weight excluding hydrogens is 820 g/mol. The van der Waals surface area contributed by atoms with Crippen molar-refractivity contribution < 1.29 is 23.1 Å². The topological polar surface area (TPSA) is 155 Å². The molecule has 2 amide bonds. The predicted octanol–water partition coefficient (Wildman–Crippen LogP) is 5.53. The fraction of sp³-hybridized carbons (Fsp3) is 0.500. The van der Waals surface area contributed by atoms with Gasteiger partial charge in [-0.05, 0) is 74.6 Å². The van der Waals surface area contributed by atoms with E-state index in [-0.39, 0.29) is 41.3 Å². The second-order valence-corrected chi connectivity index (χ2v) is 18.5. The maximum absolute atomic E-state index is 15.2. The summed E-state index contributed by atoms with van der Waals surface area (Å²) in [6.07, 6.45) is 7.03. The summed E-state index contributed by atoms with van der Waals surface area (Å²) in [5.41, 5.74) is 3.90. The Morgan fingerprint density at radius 2 is 1.79 bits per heavy atom. The van der Waals surface area contributed by atoms with Crippen LogP contribution in [0.3, 0.4) is 0 Å². The highest BCUT2D eigenvalue weighted by molar-refractivity contribution is 6.33. The smallest absolute Gasteiger partial charge is 0.301 e. The highest BCUT2D eigenvalue weighted by Crippen LogP contribution is 2.46. The van der Waals surface area contributed by atoms with Crippen molar-refractivity contribution in [1.29, 1.82) is 0 Å². The van der Waals surface area contributed by atoms with Crippen LogP contribution in [0, 0.1) is 11.8 Å². The molecule has 5 saturated heterocycles. The second kappa shape index (κ2) is 14.8. The number of hydrogen-bond acceptors (Lipinski definition) is 12. The Labute approximate surface area is 360 Å². The van der Waals surface area contributed by atoms with Crippen LogP contribution in [0.25, 0.3) is 21.8 Å². The van der Waals surface area contributed by atoms with E-state index in [0.717, 1.165) is 74.3 Å². The third-order valence-electron chi connectivity index (χ3n) is 14.0. The lowest BCUT2D eigenvalue weighted by molar-refractivity contribution is -0.134. The molecule has 2 aromatic carbocycles. The number of hydrogen-bond donors (Lipinski definition) is 3. The van der Waals surface area contributed by atoms with E-state index in [4.69, 9.17) is 26.4 Å². The molecule has 3 aromatic heterocycles. The first-order chi connectivity index (χ1) is 29.9. The van der Waals surface area contributed by atoms with Gasteiger partial charge >= 0.3 is 5.92 Å². The molecule has 3 unspecified atom stereocenters. The summed E-state index contributed by atoms with van der Waals surface area (Å²) in [5, 5.41) is 15.6. The molecule has 7 aliphatic rings. The van der Waals surface area contributed by atoms with Crippen LogP contribution < -0.4 is 36.0 Å². The molecule has 2 bridgehead atoms. The van der Waals surface area contributed by atoms with Crippen LogP contribution in [0.5, 0.6) is 5.75 Å². The molecule has 6 aliphatic heterocycles. The van der Waals surface area contributed by atoms with Gasteiger partial charge in [0, 0.05) is 81.8 Å². The van der Waals surface area contributed by atoms with E-state index in [1.807, 2.05) is 36.0 Å². The minimum absolute atomic E-state index is 0.103. The van der Waals surface area contributed by atoms with Gasteiger partial charge in [-0.2, -0.15) is 10.1 Å². The van der Waals surface area contributed by atoms with Gasteiger partial charge in [-0.25, -0.2) is 13.8 Å². The largest absolute Gasteiger partial charge is 0.480 e. The van der Waals surface area contributed by atoms with Crippen LogP contribution in [0.1, 0.15) is 56.6 Å². The Kier molecular flexibility index (Phi) is 9.37. The summed E-state index contributed by atoms with van der Waals surface area (Å²) >= 11 is 6.68. The van der Waals surface area contributed by atoms with Crippen molar-refractivity contribution in [2.75, 3.05) is 59.8 Å². The van der Waals surface area contributed by atoms with Crippen molar-refractivity contribution in [3.63, 3.8) is 0 Å². The first-order valence-electron chi connectivity index (χ1n) is 21.7. The number of aryl methyl sites for hydroxylation is 2. The van der Waals surface area contributed by atoms with E-state index in [1.54, 1.807) is 19.3 Å².